The summed E-state index contributed by atoms with van der Waals surface area (Å²) in [5, 5.41) is 5.55. The number of hydrogen-bond acceptors (Lipinski definition) is 3. The zero-order valence-corrected chi connectivity index (χ0v) is 15.4. The summed E-state index contributed by atoms with van der Waals surface area (Å²) in [5.74, 6) is -1.06. The highest BCUT2D eigenvalue weighted by Gasteiger charge is 2.24. The van der Waals surface area contributed by atoms with Crippen molar-refractivity contribution in [2.24, 2.45) is 0 Å². The van der Waals surface area contributed by atoms with Gasteiger partial charge < -0.3 is 15.5 Å². The molecule has 6 nitrogen and oxygen atoms in total. The summed E-state index contributed by atoms with van der Waals surface area (Å²) in [6.07, 6.45) is 1.26. The Kier molecular flexibility index (Phi) is 6.37. The number of hydrogen-bond donors (Lipinski definition) is 2. The fourth-order valence-corrected chi connectivity index (χ4v) is 3.10. The first kappa shape index (κ1) is 19.5. The van der Waals surface area contributed by atoms with Gasteiger partial charge in [-0.05, 0) is 49.2 Å². The van der Waals surface area contributed by atoms with Crippen molar-refractivity contribution in [1.29, 1.82) is 0 Å². The SMILES string of the molecule is O=C(NCC(=O)N1CCC(NC(=O)c2ccc(F)cc2)CC1)c1ccccc1. The number of benzene rings is 2. The van der Waals surface area contributed by atoms with Gasteiger partial charge in [0.25, 0.3) is 11.8 Å². The summed E-state index contributed by atoms with van der Waals surface area (Å²) >= 11 is 0. The maximum atomic E-state index is 12.9. The molecule has 1 aliphatic heterocycles. The normalized spacial score (nSPS) is 14.4. The number of carbonyl (C=O) groups excluding carboxylic acids is 3. The molecule has 0 radical (unpaired) electrons. The van der Waals surface area contributed by atoms with Crippen molar-refractivity contribution < 1.29 is 18.8 Å². The quantitative estimate of drug-likeness (QED) is 0.829. The number of rotatable bonds is 5. The second-order valence-corrected chi connectivity index (χ2v) is 6.68. The molecule has 2 aromatic carbocycles. The monoisotopic (exact) mass is 383 g/mol. The number of nitrogens with zero attached hydrogens (tertiary/aromatic N) is 1. The first-order chi connectivity index (χ1) is 13.5. The average Bonchev–Trinajstić information content (AvgIpc) is 2.73. The van der Waals surface area contributed by atoms with Crippen LogP contribution in [0.3, 0.4) is 0 Å². The van der Waals surface area contributed by atoms with Crippen molar-refractivity contribution in [1.82, 2.24) is 15.5 Å². The van der Waals surface area contributed by atoms with E-state index in [1.807, 2.05) is 6.07 Å². The van der Waals surface area contributed by atoms with E-state index in [9.17, 15) is 18.8 Å². The smallest absolute Gasteiger partial charge is 0.251 e. The van der Waals surface area contributed by atoms with E-state index in [2.05, 4.69) is 10.6 Å². The second-order valence-electron chi connectivity index (χ2n) is 6.68. The number of piperidine rings is 1. The van der Waals surface area contributed by atoms with E-state index in [0.717, 1.165) is 0 Å². The van der Waals surface area contributed by atoms with Crippen LogP contribution in [0.2, 0.25) is 0 Å². The van der Waals surface area contributed by atoms with Crippen LogP contribution in [0.4, 0.5) is 4.39 Å². The van der Waals surface area contributed by atoms with E-state index in [1.165, 1.54) is 24.3 Å². The first-order valence-corrected chi connectivity index (χ1v) is 9.20. The van der Waals surface area contributed by atoms with Gasteiger partial charge in [-0.25, -0.2) is 4.39 Å². The summed E-state index contributed by atoms with van der Waals surface area (Å²) in [7, 11) is 0. The van der Waals surface area contributed by atoms with Gasteiger partial charge in [-0.1, -0.05) is 18.2 Å². The molecule has 2 N–H and O–H groups in total. The number of nitrogens with one attached hydrogen (secondary N) is 2. The Morgan fingerprint density at radius 3 is 2.14 bits per heavy atom. The Bertz CT molecular complexity index is 832. The molecule has 3 amide bonds. The van der Waals surface area contributed by atoms with E-state index in [1.54, 1.807) is 29.2 Å². The lowest BCUT2D eigenvalue weighted by atomic mass is 10.0. The summed E-state index contributed by atoms with van der Waals surface area (Å²) < 4.78 is 12.9. The average molecular weight is 383 g/mol. The van der Waals surface area contributed by atoms with Gasteiger partial charge >= 0.3 is 0 Å². The zero-order chi connectivity index (χ0) is 19.9. The molecule has 1 saturated heterocycles. The molecule has 0 unspecified atom stereocenters. The van der Waals surface area contributed by atoms with Gasteiger partial charge in [0.05, 0.1) is 6.54 Å². The summed E-state index contributed by atoms with van der Waals surface area (Å²) in [6.45, 7) is 0.961. The standard InChI is InChI=1S/C21H22FN3O3/c22-17-8-6-16(7-9-17)21(28)24-18-10-12-25(13-11-18)19(26)14-23-20(27)15-4-2-1-3-5-15/h1-9,18H,10-14H2,(H,23,27)(H,24,28). The van der Waals surface area contributed by atoms with Gasteiger partial charge in [0.15, 0.2) is 0 Å². The summed E-state index contributed by atoms with van der Waals surface area (Å²) in [5.41, 5.74) is 0.918. The topological polar surface area (TPSA) is 78.5 Å². The van der Waals surface area contributed by atoms with Crippen molar-refractivity contribution in [2.45, 2.75) is 18.9 Å². The maximum absolute atomic E-state index is 12.9. The van der Waals surface area contributed by atoms with Crippen LogP contribution in [0.5, 0.6) is 0 Å². The zero-order valence-electron chi connectivity index (χ0n) is 15.4. The second kappa shape index (κ2) is 9.12. The lowest BCUT2D eigenvalue weighted by molar-refractivity contribution is -0.131. The molecule has 28 heavy (non-hydrogen) atoms. The van der Waals surface area contributed by atoms with Crippen molar-refractivity contribution in [3.8, 4) is 0 Å². The van der Waals surface area contributed by atoms with Crippen LogP contribution in [0.15, 0.2) is 54.6 Å². The van der Waals surface area contributed by atoms with Crippen molar-refractivity contribution in [3.63, 3.8) is 0 Å². The number of halogens is 1. The Labute approximate surface area is 162 Å². The molecule has 146 valence electrons. The molecule has 0 atom stereocenters. The molecule has 0 aliphatic carbocycles. The van der Waals surface area contributed by atoms with Gasteiger partial charge in [-0.2, -0.15) is 0 Å². The van der Waals surface area contributed by atoms with Gasteiger partial charge in [0.1, 0.15) is 5.82 Å². The fraction of sp³-hybridized carbons (Fsp3) is 0.286. The minimum atomic E-state index is -0.386. The highest BCUT2D eigenvalue weighted by atomic mass is 19.1. The molecule has 7 heteroatoms. The van der Waals surface area contributed by atoms with E-state index in [0.29, 0.717) is 37.1 Å². The Morgan fingerprint density at radius 1 is 0.893 bits per heavy atom. The molecular weight excluding hydrogens is 361 g/mol. The number of likely N-dealkylation sites (tertiary alicyclic amines) is 1. The third-order valence-corrected chi connectivity index (χ3v) is 4.73. The molecule has 0 aromatic heterocycles. The van der Waals surface area contributed by atoms with Crippen molar-refractivity contribution >= 4 is 17.7 Å². The third kappa shape index (κ3) is 5.16. The highest BCUT2D eigenvalue weighted by Crippen LogP contribution is 2.12. The highest BCUT2D eigenvalue weighted by molar-refractivity contribution is 5.96. The molecule has 1 fully saturated rings. The largest absolute Gasteiger partial charge is 0.349 e. The Hall–Kier alpha value is -3.22. The Balaban J connectivity index is 1.42. The number of carbonyl (C=O) groups is 3. The van der Waals surface area contributed by atoms with Crippen LogP contribution < -0.4 is 10.6 Å². The van der Waals surface area contributed by atoms with Gasteiger partial charge in [-0.15, -0.1) is 0 Å². The lowest BCUT2D eigenvalue weighted by Gasteiger charge is -2.32. The van der Waals surface area contributed by atoms with Crippen molar-refractivity contribution in [3.05, 3.63) is 71.5 Å². The van der Waals surface area contributed by atoms with Crippen LogP contribution in [0, 0.1) is 5.82 Å². The molecular formula is C21H22FN3O3. The molecule has 1 heterocycles. The minimum Gasteiger partial charge on any atom is -0.349 e. The van der Waals surface area contributed by atoms with Gasteiger partial charge in [-0.3, -0.25) is 14.4 Å². The van der Waals surface area contributed by atoms with Crippen LogP contribution in [-0.2, 0) is 4.79 Å². The fourth-order valence-electron chi connectivity index (χ4n) is 3.10. The van der Waals surface area contributed by atoms with Gasteiger partial charge in [0.2, 0.25) is 5.91 Å². The molecule has 2 aromatic rings. The lowest BCUT2D eigenvalue weighted by Crippen LogP contribution is -2.49. The molecule has 3 rings (SSSR count). The van der Waals surface area contributed by atoms with E-state index < -0.39 is 0 Å². The van der Waals surface area contributed by atoms with Crippen LogP contribution >= 0.6 is 0 Å². The molecule has 0 bridgehead atoms. The Morgan fingerprint density at radius 2 is 1.50 bits per heavy atom. The number of amides is 3. The van der Waals surface area contributed by atoms with Gasteiger partial charge in [0, 0.05) is 30.3 Å². The van der Waals surface area contributed by atoms with E-state index in [-0.39, 0.29) is 36.1 Å². The third-order valence-electron chi connectivity index (χ3n) is 4.73. The predicted molar refractivity (Wildman–Crippen MR) is 102 cm³/mol. The van der Waals surface area contributed by atoms with E-state index in [4.69, 9.17) is 0 Å². The minimum absolute atomic E-state index is 0.0412. The summed E-state index contributed by atoms with van der Waals surface area (Å²) in [4.78, 5) is 38.2. The van der Waals surface area contributed by atoms with Crippen molar-refractivity contribution in [2.75, 3.05) is 19.6 Å². The summed E-state index contributed by atoms with van der Waals surface area (Å²) in [6, 6.07) is 14.1. The first-order valence-electron chi connectivity index (χ1n) is 9.20. The van der Waals surface area contributed by atoms with Crippen LogP contribution in [0.1, 0.15) is 33.6 Å². The van der Waals surface area contributed by atoms with Crippen LogP contribution in [-0.4, -0.2) is 48.3 Å². The maximum Gasteiger partial charge on any atom is 0.251 e. The van der Waals surface area contributed by atoms with E-state index >= 15 is 0 Å². The predicted octanol–water partition coefficient (Wildman–Crippen LogP) is 1.98. The van der Waals surface area contributed by atoms with Crippen LogP contribution in [0.25, 0.3) is 0 Å². The molecule has 0 spiro atoms. The molecule has 0 saturated carbocycles. The molecule has 1 aliphatic rings.